The van der Waals surface area contributed by atoms with Gasteiger partial charge in [-0.3, -0.25) is 0 Å². The maximum absolute atomic E-state index is 10.1. The predicted molar refractivity (Wildman–Crippen MR) is 52.5 cm³/mol. The fraction of sp³-hybridized carbons (Fsp3) is 0.800. The number of aldehydes is 2. The summed E-state index contributed by atoms with van der Waals surface area (Å²) in [6.07, 6.45) is 3.52. The van der Waals surface area contributed by atoms with E-state index in [1.807, 2.05) is 13.8 Å². The van der Waals surface area contributed by atoms with Crippen molar-refractivity contribution in [1.82, 2.24) is 0 Å². The lowest BCUT2D eigenvalue weighted by Crippen LogP contribution is -2.17. The molecule has 0 aliphatic heterocycles. The van der Waals surface area contributed by atoms with Crippen LogP contribution in [-0.4, -0.2) is 23.8 Å². The molecule has 0 aromatic carbocycles. The Bertz CT molecular complexity index is 123. The first-order chi connectivity index (χ1) is 6.13. The molecule has 0 aliphatic carbocycles. The molecule has 0 saturated carbocycles. The molecule has 3 nitrogen and oxygen atoms in total. The Balaban J connectivity index is 0. The first kappa shape index (κ1) is 14.8. The molecule has 0 aromatic rings. The average molecular weight is 188 g/mol. The first-order valence-corrected chi connectivity index (χ1v) is 4.70. The summed E-state index contributed by atoms with van der Waals surface area (Å²) in [5.41, 5.74) is 0. The second-order valence-electron chi connectivity index (χ2n) is 2.93. The van der Waals surface area contributed by atoms with Crippen LogP contribution in [0.4, 0.5) is 0 Å². The van der Waals surface area contributed by atoms with Crippen molar-refractivity contribution in [3.05, 3.63) is 0 Å². The van der Waals surface area contributed by atoms with E-state index < -0.39 is 6.10 Å². The van der Waals surface area contributed by atoms with E-state index in [4.69, 9.17) is 5.11 Å². The van der Waals surface area contributed by atoms with Crippen LogP contribution in [0, 0.1) is 5.92 Å². The third-order valence-corrected chi connectivity index (χ3v) is 1.57. The standard InChI is InChI=1S/C7H14O2.C3H6O/c1-3-4-7(9)6(2)5-8;1-2-3-4/h5-7,9H,3-4H2,1-2H3;3H,2H2,1H3. The first-order valence-electron chi connectivity index (χ1n) is 4.70. The highest BCUT2D eigenvalue weighted by Gasteiger charge is 2.10. The Morgan fingerprint density at radius 3 is 2.00 bits per heavy atom. The Morgan fingerprint density at radius 1 is 1.31 bits per heavy atom. The normalized spacial score (nSPS) is 13.5. The summed E-state index contributed by atoms with van der Waals surface area (Å²) in [6.45, 7) is 5.53. The van der Waals surface area contributed by atoms with Gasteiger partial charge in [0.25, 0.3) is 0 Å². The fourth-order valence-electron chi connectivity index (χ4n) is 0.649. The number of carbonyl (C=O) groups excluding carboxylic acids is 2. The minimum atomic E-state index is -0.438. The number of hydrogen-bond donors (Lipinski definition) is 1. The highest BCUT2D eigenvalue weighted by atomic mass is 16.3. The summed E-state index contributed by atoms with van der Waals surface area (Å²) in [5.74, 6) is -0.204. The highest BCUT2D eigenvalue weighted by molar-refractivity contribution is 5.53. The van der Waals surface area contributed by atoms with Gasteiger partial charge >= 0.3 is 0 Å². The summed E-state index contributed by atoms with van der Waals surface area (Å²) in [7, 11) is 0. The summed E-state index contributed by atoms with van der Waals surface area (Å²) < 4.78 is 0. The van der Waals surface area contributed by atoms with Crippen LogP contribution in [0.25, 0.3) is 0 Å². The van der Waals surface area contributed by atoms with Crippen molar-refractivity contribution in [2.24, 2.45) is 5.92 Å². The van der Waals surface area contributed by atoms with Crippen LogP contribution in [0.3, 0.4) is 0 Å². The van der Waals surface area contributed by atoms with Crippen LogP contribution < -0.4 is 0 Å². The largest absolute Gasteiger partial charge is 0.392 e. The maximum Gasteiger partial charge on any atom is 0.125 e. The van der Waals surface area contributed by atoms with Gasteiger partial charge in [0.05, 0.1) is 6.10 Å². The van der Waals surface area contributed by atoms with Crippen molar-refractivity contribution < 1.29 is 14.7 Å². The van der Waals surface area contributed by atoms with Crippen molar-refractivity contribution in [2.75, 3.05) is 0 Å². The van der Waals surface area contributed by atoms with E-state index in [9.17, 15) is 9.59 Å². The molecule has 78 valence electrons. The Hall–Kier alpha value is -0.700. The van der Waals surface area contributed by atoms with Crippen molar-refractivity contribution >= 4 is 12.6 Å². The molecule has 0 aromatic heterocycles. The molecular formula is C10H20O3. The molecule has 0 aliphatic rings. The summed E-state index contributed by atoms with van der Waals surface area (Å²) in [5, 5.41) is 9.09. The minimum absolute atomic E-state index is 0.204. The van der Waals surface area contributed by atoms with Gasteiger partial charge in [-0.05, 0) is 6.42 Å². The average Bonchev–Trinajstić information content (AvgIpc) is 2.17. The van der Waals surface area contributed by atoms with Gasteiger partial charge in [0.2, 0.25) is 0 Å². The van der Waals surface area contributed by atoms with Crippen LogP contribution in [0.2, 0.25) is 0 Å². The minimum Gasteiger partial charge on any atom is -0.392 e. The molecule has 0 saturated heterocycles. The summed E-state index contributed by atoms with van der Waals surface area (Å²) in [6, 6.07) is 0. The molecule has 2 unspecified atom stereocenters. The molecule has 0 spiro atoms. The smallest absolute Gasteiger partial charge is 0.125 e. The van der Waals surface area contributed by atoms with Gasteiger partial charge in [-0.15, -0.1) is 0 Å². The van der Waals surface area contributed by atoms with E-state index in [1.165, 1.54) is 0 Å². The number of aliphatic hydroxyl groups excluding tert-OH is 1. The lowest BCUT2D eigenvalue weighted by atomic mass is 10.0. The molecule has 0 rings (SSSR count). The topological polar surface area (TPSA) is 54.4 Å². The monoisotopic (exact) mass is 188 g/mol. The van der Waals surface area contributed by atoms with E-state index in [0.717, 1.165) is 25.4 Å². The van der Waals surface area contributed by atoms with Crippen LogP contribution >= 0.6 is 0 Å². The van der Waals surface area contributed by atoms with Crippen molar-refractivity contribution in [3.8, 4) is 0 Å². The Kier molecular flexibility index (Phi) is 12.9. The van der Waals surface area contributed by atoms with Gasteiger partial charge < -0.3 is 14.7 Å². The molecule has 13 heavy (non-hydrogen) atoms. The molecule has 0 bridgehead atoms. The van der Waals surface area contributed by atoms with Gasteiger partial charge in [0.15, 0.2) is 0 Å². The predicted octanol–water partition coefficient (Wildman–Crippen LogP) is 1.58. The Labute approximate surface area is 80.1 Å². The molecule has 1 N–H and O–H groups in total. The molecular weight excluding hydrogens is 168 g/mol. The van der Waals surface area contributed by atoms with E-state index in [-0.39, 0.29) is 5.92 Å². The van der Waals surface area contributed by atoms with E-state index >= 15 is 0 Å². The third-order valence-electron chi connectivity index (χ3n) is 1.57. The van der Waals surface area contributed by atoms with Crippen LogP contribution in [0.1, 0.15) is 40.0 Å². The molecule has 0 radical (unpaired) electrons. The number of carbonyl (C=O) groups is 2. The lowest BCUT2D eigenvalue weighted by molar-refractivity contribution is -0.113. The fourth-order valence-corrected chi connectivity index (χ4v) is 0.649. The van der Waals surface area contributed by atoms with Crippen LogP contribution in [0.15, 0.2) is 0 Å². The van der Waals surface area contributed by atoms with E-state index in [1.54, 1.807) is 6.92 Å². The van der Waals surface area contributed by atoms with Gasteiger partial charge in [0.1, 0.15) is 12.6 Å². The summed E-state index contributed by atoms with van der Waals surface area (Å²) >= 11 is 0. The second-order valence-corrected chi connectivity index (χ2v) is 2.93. The zero-order valence-corrected chi connectivity index (χ0v) is 8.69. The molecule has 0 fully saturated rings. The van der Waals surface area contributed by atoms with Crippen molar-refractivity contribution in [2.45, 2.75) is 46.1 Å². The van der Waals surface area contributed by atoms with Gasteiger partial charge in [-0.25, -0.2) is 0 Å². The van der Waals surface area contributed by atoms with Crippen LogP contribution in [-0.2, 0) is 9.59 Å². The van der Waals surface area contributed by atoms with Crippen molar-refractivity contribution in [1.29, 1.82) is 0 Å². The summed E-state index contributed by atoms with van der Waals surface area (Å²) in [4.78, 5) is 19.2. The third kappa shape index (κ3) is 11.3. The molecule has 0 heterocycles. The van der Waals surface area contributed by atoms with Gasteiger partial charge in [-0.1, -0.05) is 27.2 Å². The molecule has 0 amide bonds. The van der Waals surface area contributed by atoms with E-state index in [0.29, 0.717) is 6.42 Å². The molecule has 3 heteroatoms. The SMILES string of the molecule is CCC=O.CCCC(O)C(C)C=O. The van der Waals surface area contributed by atoms with Gasteiger partial charge in [0, 0.05) is 12.3 Å². The van der Waals surface area contributed by atoms with Crippen LogP contribution in [0.5, 0.6) is 0 Å². The number of aliphatic hydroxyl groups is 1. The highest BCUT2D eigenvalue weighted by Crippen LogP contribution is 2.05. The Morgan fingerprint density at radius 2 is 1.77 bits per heavy atom. The maximum atomic E-state index is 10.1. The zero-order chi connectivity index (χ0) is 10.7. The molecule has 2 atom stereocenters. The van der Waals surface area contributed by atoms with Crippen molar-refractivity contribution in [3.63, 3.8) is 0 Å². The van der Waals surface area contributed by atoms with E-state index in [2.05, 4.69) is 0 Å². The zero-order valence-electron chi connectivity index (χ0n) is 8.69. The number of rotatable bonds is 5. The van der Waals surface area contributed by atoms with Gasteiger partial charge in [-0.2, -0.15) is 0 Å². The number of hydrogen-bond acceptors (Lipinski definition) is 3. The second kappa shape index (κ2) is 11.3. The quantitative estimate of drug-likeness (QED) is 0.666. The lowest BCUT2D eigenvalue weighted by Gasteiger charge is -2.10.